The summed E-state index contributed by atoms with van der Waals surface area (Å²) >= 11 is 3.32. The molecule has 1 saturated heterocycles. The first-order chi connectivity index (χ1) is 19.8. The molecule has 41 heavy (non-hydrogen) atoms. The lowest BCUT2D eigenvalue weighted by molar-refractivity contribution is -0.00438. The highest BCUT2D eigenvalue weighted by atomic mass is 32.2. The fourth-order valence-corrected chi connectivity index (χ4v) is 7.26. The quantitative estimate of drug-likeness (QED) is 0.155. The number of thiophene rings is 1. The summed E-state index contributed by atoms with van der Waals surface area (Å²) in [6.07, 6.45) is 8.62. The van der Waals surface area contributed by atoms with Crippen LogP contribution in [-0.2, 0) is 20.8 Å². The molecule has 0 bridgehead atoms. The lowest BCUT2D eigenvalue weighted by Gasteiger charge is -2.40. The fraction of sp³-hybridized carbons (Fsp3) is 0.353. The van der Waals surface area contributed by atoms with Crippen LogP contribution in [0.5, 0.6) is 0 Å². The number of thioether (sulfide) groups is 1. The van der Waals surface area contributed by atoms with E-state index in [0.717, 1.165) is 23.8 Å². The molecule has 0 saturated carbocycles. The van der Waals surface area contributed by atoms with Crippen LogP contribution in [0, 0.1) is 6.92 Å². The van der Waals surface area contributed by atoms with Crippen molar-refractivity contribution in [2.45, 2.75) is 42.5 Å². The monoisotopic (exact) mass is 596 g/mol. The molecule has 0 aliphatic carbocycles. The van der Waals surface area contributed by atoms with Crippen LogP contribution < -0.4 is 0 Å². The maximum absolute atomic E-state index is 11.9. The van der Waals surface area contributed by atoms with Crippen molar-refractivity contribution in [1.29, 1.82) is 0 Å². The summed E-state index contributed by atoms with van der Waals surface area (Å²) in [7, 11) is 0. The first-order valence-electron chi connectivity index (χ1n) is 13.7. The molecule has 3 unspecified atom stereocenters. The highest BCUT2D eigenvalue weighted by Gasteiger charge is 2.43. The molecule has 4 rings (SSSR count). The third-order valence-corrected chi connectivity index (χ3v) is 8.77. The number of ether oxygens (including phenoxy) is 2. The van der Waals surface area contributed by atoms with Crippen molar-refractivity contribution < 1.29 is 24.8 Å². The molecular formula is C34H44O5S2. The molecule has 1 aliphatic rings. The molecule has 222 valence electrons. The summed E-state index contributed by atoms with van der Waals surface area (Å²) < 4.78 is 13.0. The smallest absolute Gasteiger partial charge is 0.140 e. The summed E-state index contributed by atoms with van der Waals surface area (Å²) in [6.45, 7) is 17.8. The van der Waals surface area contributed by atoms with Gasteiger partial charge in [0.2, 0.25) is 0 Å². The van der Waals surface area contributed by atoms with Gasteiger partial charge in [-0.3, -0.25) is 0 Å². The van der Waals surface area contributed by atoms with Crippen LogP contribution in [0.2, 0.25) is 0 Å². The van der Waals surface area contributed by atoms with E-state index >= 15 is 0 Å². The third-order valence-electron chi connectivity index (χ3n) is 6.26. The minimum Gasteiger partial charge on any atom is -0.392 e. The number of aliphatic hydroxyl groups excluding tert-OH is 2. The van der Waals surface area contributed by atoms with E-state index < -0.39 is 4.93 Å². The van der Waals surface area contributed by atoms with Crippen LogP contribution in [0.4, 0.5) is 0 Å². The molecule has 7 heteroatoms. The molecule has 0 amide bonds. The first-order valence-corrected chi connectivity index (χ1v) is 15.4. The van der Waals surface area contributed by atoms with Gasteiger partial charge in [-0.2, -0.15) is 0 Å². The zero-order chi connectivity index (χ0) is 30.1. The van der Waals surface area contributed by atoms with E-state index in [4.69, 9.17) is 19.7 Å². The normalized spacial score (nSPS) is 19.7. The van der Waals surface area contributed by atoms with Crippen LogP contribution in [0.1, 0.15) is 35.1 Å². The Morgan fingerprint density at radius 1 is 0.951 bits per heavy atom. The van der Waals surface area contributed by atoms with E-state index in [2.05, 4.69) is 81.1 Å². The van der Waals surface area contributed by atoms with Gasteiger partial charge in [0.25, 0.3) is 0 Å². The van der Waals surface area contributed by atoms with Crippen molar-refractivity contribution in [3.63, 3.8) is 0 Å². The van der Waals surface area contributed by atoms with E-state index in [1.807, 2.05) is 0 Å². The van der Waals surface area contributed by atoms with E-state index in [9.17, 15) is 5.11 Å². The Kier molecular flexibility index (Phi) is 16.0. The molecular weight excluding hydrogens is 553 g/mol. The molecule has 1 aromatic heterocycles. The van der Waals surface area contributed by atoms with Gasteiger partial charge in [-0.05, 0) is 41.7 Å². The summed E-state index contributed by atoms with van der Waals surface area (Å²) in [6, 6.07) is 15.2. The van der Waals surface area contributed by atoms with Gasteiger partial charge < -0.3 is 24.8 Å². The second-order valence-electron chi connectivity index (χ2n) is 9.58. The maximum Gasteiger partial charge on any atom is 0.140 e. The van der Waals surface area contributed by atoms with Crippen molar-refractivity contribution in [1.82, 2.24) is 0 Å². The summed E-state index contributed by atoms with van der Waals surface area (Å²) in [5.41, 5.74) is 4.85. The Balaban J connectivity index is 0.000000653. The maximum atomic E-state index is 11.9. The summed E-state index contributed by atoms with van der Waals surface area (Å²) in [5, 5.41) is 30.8. The van der Waals surface area contributed by atoms with Crippen LogP contribution in [0.3, 0.4) is 0 Å². The van der Waals surface area contributed by atoms with Gasteiger partial charge in [-0.15, -0.1) is 49.4 Å². The minimum atomic E-state index is -1.02. The number of aliphatic hydroxyl groups is 3. The van der Waals surface area contributed by atoms with Gasteiger partial charge in [0, 0.05) is 21.9 Å². The predicted octanol–water partition coefficient (Wildman–Crippen LogP) is 6.94. The van der Waals surface area contributed by atoms with E-state index in [1.165, 1.54) is 33.5 Å². The average molecular weight is 597 g/mol. The van der Waals surface area contributed by atoms with Gasteiger partial charge in [-0.25, -0.2) is 0 Å². The molecule has 0 radical (unpaired) electrons. The van der Waals surface area contributed by atoms with E-state index in [0.29, 0.717) is 26.2 Å². The van der Waals surface area contributed by atoms with Crippen molar-refractivity contribution in [3.05, 3.63) is 121 Å². The molecule has 0 spiro atoms. The van der Waals surface area contributed by atoms with Crippen molar-refractivity contribution >= 4 is 33.2 Å². The fourth-order valence-electron chi connectivity index (χ4n) is 4.43. The van der Waals surface area contributed by atoms with Gasteiger partial charge in [0.05, 0.1) is 39.1 Å². The lowest BCUT2D eigenvalue weighted by atomic mass is 9.96. The second-order valence-corrected chi connectivity index (χ2v) is 12.0. The topological polar surface area (TPSA) is 79.2 Å². The van der Waals surface area contributed by atoms with E-state index in [1.54, 1.807) is 35.3 Å². The summed E-state index contributed by atoms with van der Waals surface area (Å²) in [4.78, 5) is -1.02. The Labute approximate surface area is 253 Å². The SMILES string of the molecule is C=CCO.C=CCO.C=CCOCC1CC(OCC=C)CC(O)(c2csc3c(Cc4ccc(C)cc4)cccc23)S1. The Hall–Kier alpha value is -2.49. The average Bonchev–Trinajstić information content (AvgIpc) is 3.44. The molecule has 5 nitrogen and oxygen atoms in total. The number of rotatable bonds is 12. The number of fused-ring (bicyclic) bond motifs is 1. The van der Waals surface area contributed by atoms with Crippen molar-refractivity contribution in [3.8, 4) is 0 Å². The van der Waals surface area contributed by atoms with Gasteiger partial charge in [0.1, 0.15) is 4.93 Å². The Morgan fingerprint density at radius 3 is 2.22 bits per heavy atom. The first kappa shape index (κ1) is 34.7. The number of benzene rings is 2. The number of hydrogen-bond donors (Lipinski definition) is 3. The molecule has 3 N–H and O–H groups in total. The van der Waals surface area contributed by atoms with Crippen molar-refractivity contribution in [2.75, 3.05) is 33.0 Å². The molecule has 3 atom stereocenters. The number of hydrogen-bond acceptors (Lipinski definition) is 7. The van der Waals surface area contributed by atoms with Crippen LogP contribution >= 0.6 is 23.1 Å². The van der Waals surface area contributed by atoms with E-state index in [-0.39, 0.29) is 24.6 Å². The number of aryl methyl sites for hydroxylation is 1. The zero-order valence-corrected chi connectivity index (χ0v) is 25.7. The highest BCUT2D eigenvalue weighted by molar-refractivity contribution is 8.00. The molecule has 2 heterocycles. The zero-order valence-electron chi connectivity index (χ0n) is 24.0. The predicted molar refractivity (Wildman–Crippen MR) is 176 cm³/mol. The Morgan fingerprint density at radius 2 is 1.61 bits per heavy atom. The van der Waals surface area contributed by atoms with Crippen molar-refractivity contribution in [2.24, 2.45) is 0 Å². The minimum absolute atomic E-state index is 0.0442. The third kappa shape index (κ3) is 11.0. The van der Waals surface area contributed by atoms with Gasteiger partial charge in [0.15, 0.2) is 0 Å². The standard InChI is InChI=1S/C28H32O3S2.2C3H6O/c1-4-13-30-18-24-16-23(31-14-5-2)17-28(29,33-24)26-19-32-27-22(7-6-8-25(26)27)15-21-11-9-20(3)10-12-21;2*1-2-3-4/h4-12,19,23-24,29H,1-2,13-18H2,3H3;2*2,4H,1,3H2. The van der Waals surface area contributed by atoms with Crippen LogP contribution in [0.15, 0.2) is 98.5 Å². The van der Waals surface area contributed by atoms with Gasteiger partial charge >= 0.3 is 0 Å². The lowest BCUT2D eigenvalue weighted by Crippen LogP contribution is -2.39. The second kappa shape index (κ2) is 18.8. The molecule has 3 aromatic rings. The van der Waals surface area contributed by atoms with Crippen LogP contribution in [0.25, 0.3) is 10.1 Å². The summed E-state index contributed by atoms with van der Waals surface area (Å²) in [5.74, 6) is 0. The largest absolute Gasteiger partial charge is 0.392 e. The highest BCUT2D eigenvalue weighted by Crippen LogP contribution is 2.50. The molecule has 1 fully saturated rings. The molecule has 2 aromatic carbocycles. The molecule has 1 aliphatic heterocycles. The van der Waals surface area contributed by atoms with Crippen LogP contribution in [-0.4, -0.2) is 59.7 Å². The Bertz CT molecular complexity index is 1210. The van der Waals surface area contributed by atoms with Gasteiger partial charge in [-0.1, -0.05) is 72.3 Å².